The molecule has 0 heterocycles. The molecule has 4 heteroatoms. The van der Waals surface area contributed by atoms with E-state index >= 15 is 0 Å². The van der Waals surface area contributed by atoms with Crippen molar-refractivity contribution >= 4 is 23.2 Å². The summed E-state index contributed by atoms with van der Waals surface area (Å²) in [4.78, 5) is 13.1. The van der Waals surface area contributed by atoms with Crippen LogP contribution in [0.15, 0.2) is 72.8 Å². The zero-order valence-corrected chi connectivity index (χ0v) is 16.3. The molecule has 2 N–H and O–H groups in total. The minimum atomic E-state index is -0.484. The molecule has 27 heavy (non-hydrogen) atoms. The quantitative estimate of drug-likeness (QED) is 0.600. The number of nitrogens with one attached hydrogen (secondary N) is 2. The first-order chi connectivity index (χ1) is 13.0. The molecule has 0 aliphatic heterocycles. The van der Waals surface area contributed by atoms with Crippen molar-refractivity contribution in [2.24, 2.45) is 0 Å². The summed E-state index contributed by atoms with van der Waals surface area (Å²) < 4.78 is 0. The molecule has 0 aliphatic carbocycles. The summed E-state index contributed by atoms with van der Waals surface area (Å²) in [5, 5.41) is 7.10. The van der Waals surface area contributed by atoms with Gasteiger partial charge in [0, 0.05) is 17.3 Å². The van der Waals surface area contributed by atoms with E-state index in [4.69, 9.17) is 11.6 Å². The lowest BCUT2D eigenvalue weighted by Gasteiger charge is -2.20. The Balaban J connectivity index is 1.82. The second-order valence-electron chi connectivity index (χ2n) is 6.62. The molecular formula is C23H23ClN2O. The summed E-state index contributed by atoms with van der Waals surface area (Å²) in [6.45, 7) is 4.50. The van der Waals surface area contributed by atoms with Crippen LogP contribution in [0, 0.1) is 13.8 Å². The van der Waals surface area contributed by atoms with Gasteiger partial charge in [-0.05, 0) is 48.2 Å². The molecule has 0 saturated heterocycles. The fourth-order valence-electron chi connectivity index (χ4n) is 2.94. The van der Waals surface area contributed by atoms with E-state index in [2.05, 4.69) is 10.6 Å². The lowest BCUT2D eigenvalue weighted by Crippen LogP contribution is -2.33. The van der Waals surface area contributed by atoms with Crippen LogP contribution in [-0.4, -0.2) is 5.91 Å². The molecule has 0 saturated carbocycles. The van der Waals surface area contributed by atoms with Crippen LogP contribution in [0.2, 0.25) is 5.02 Å². The number of amides is 1. The van der Waals surface area contributed by atoms with E-state index in [0.717, 1.165) is 27.9 Å². The van der Waals surface area contributed by atoms with E-state index < -0.39 is 6.04 Å². The van der Waals surface area contributed by atoms with E-state index in [-0.39, 0.29) is 5.91 Å². The van der Waals surface area contributed by atoms with Gasteiger partial charge in [-0.2, -0.15) is 0 Å². The normalized spacial score (nSPS) is 11.8. The average Bonchev–Trinajstić information content (AvgIpc) is 2.67. The van der Waals surface area contributed by atoms with Crippen LogP contribution in [0.25, 0.3) is 0 Å². The van der Waals surface area contributed by atoms with Crippen molar-refractivity contribution < 1.29 is 4.79 Å². The van der Waals surface area contributed by atoms with E-state index in [9.17, 15) is 4.79 Å². The van der Waals surface area contributed by atoms with Gasteiger partial charge in [-0.3, -0.25) is 10.1 Å². The van der Waals surface area contributed by atoms with Crippen LogP contribution in [-0.2, 0) is 11.3 Å². The minimum Gasteiger partial charge on any atom is -0.324 e. The monoisotopic (exact) mass is 378 g/mol. The second kappa shape index (κ2) is 8.85. The lowest BCUT2D eigenvalue weighted by molar-refractivity contribution is -0.118. The van der Waals surface area contributed by atoms with Gasteiger partial charge in [0.2, 0.25) is 5.91 Å². The smallest absolute Gasteiger partial charge is 0.246 e. The molecule has 3 nitrogen and oxygen atoms in total. The Labute approximate surface area is 165 Å². The number of rotatable bonds is 6. The van der Waals surface area contributed by atoms with Crippen molar-refractivity contribution in [3.8, 4) is 0 Å². The van der Waals surface area contributed by atoms with Crippen LogP contribution >= 0.6 is 11.6 Å². The highest BCUT2D eigenvalue weighted by atomic mass is 35.5. The maximum atomic E-state index is 13.1. The van der Waals surface area contributed by atoms with Gasteiger partial charge in [0.1, 0.15) is 6.04 Å². The van der Waals surface area contributed by atoms with Gasteiger partial charge >= 0.3 is 0 Å². The fourth-order valence-corrected chi connectivity index (χ4v) is 3.14. The van der Waals surface area contributed by atoms with Crippen molar-refractivity contribution in [1.29, 1.82) is 0 Å². The zero-order valence-electron chi connectivity index (χ0n) is 15.5. The zero-order chi connectivity index (χ0) is 19.2. The van der Waals surface area contributed by atoms with Gasteiger partial charge in [0.15, 0.2) is 0 Å². The van der Waals surface area contributed by atoms with Gasteiger partial charge in [-0.1, -0.05) is 72.3 Å². The molecule has 3 aromatic rings. The first kappa shape index (κ1) is 19.2. The number of carbonyl (C=O) groups is 1. The van der Waals surface area contributed by atoms with Crippen molar-refractivity contribution in [2.75, 3.05) is 5.32 Å². The SMILES string of the molecule is Cc1ccc(C)c(NC(=O)[C@H](NCc2ccccc2Cl)c2ccccc2)c1. The van der Waals surface area contributed by atoms with E-state index in [0.29, 0.717) is 11.6 Å². The predicted octanol–water partition coefficient (Wildman–Crippen LogP) is 5.43. The van der Waals surface area contributed by atoms with E-state index in [1.807, 2.05) is 86.6 Å². The molecule has 0 spiro atoms. The molecule has 0 fully saturated rings. The number of anilines is 1. The number of hydrogen-bond donors (Lipinski definition) is 2. The van der Waals surface area contributed by atoms with Gasteiger partial charge in [-0.25, -0.2) is 0 Å². The van der Waals surface area contributed by atoms with Gasteiger partial charge in [0.05, 0.1) is 0 Å². The molecule has 3 aromatic carbocycles. The van der Waals surface area contributed by atoms with E-state index in [1.54, 1.807) is 0 Å². The lowest BCUT2D eigenvalue weighted by atomic mass is 10.0. The van der Waals surface area contributed by atoms with Crippen molar-refractivity contribution in [1.82, 2.24) is 5.32 Å². The molecule has 0 radical (unpaired) electrons. The third-order valence-corrected chi connectivity index (χ3v) is 4.87. The fraction of sp³-hybridized carbons (Fsp3) is 0.174. The highest BCUT2D eigenvalue weighted by molar-refractivity contribution is 6.31. The van der Waals surface area contributed by atoms with Crippen LogP contribution in [0.5, 0.6) is 0 Å². The molecule has 0 aliphatic rings. The summed E-state index contributed by atoms with van der Waals surface area (Å²) in [5.41, 5.74) is 4.84. The second-order valence-corrected chi connectivity index (χ2v) is 7.03. The van der Waals surface area contributed by atoms with Gasteiger partial charge < -0.3 is 5.32 Å². The molecule has 0 aromatic heterocycles. The van der Waals surface area contributed by atoms with Crippen LogP contribution in [0.3, 0.4) is 0 Å². The topological polar surface area (TPSA) is 41.1 Å². The van der Waals surface area contributed by atoms with Gasteiger partial charge in [0.25, 0.3) is 0 Å². The first-order valence-corrected chi connectivity index (χ1v) is 9.32. The molecular weight excluding hydrogens is 356 g/mol. The third-order valence-electron chi connectivity index (χ3n) is 4.50. The average molecular weight is 379 g/mol. The van der Waals surface area contributed by atoms with Gasteiger partial charge in [-0.15, -0.1) is 0 Å². The molecule has 138 valence electrons. The largest absolute Gasteiger partial charge is 0.324 e. The van der Waals surface area contributed by atoms with Crippen LogP contribution in [0.1, 0.15) is 28.3 Å². The molecule has 1 atom stereocenters. The summed E-state index contributed by atoms with van der Waals surface area (Å²) in [6.07, 6.45) is 0. The Morgan fingerprint density at radius 2 is 1.67 bits per heavy atom. The van der Waals surface area contributed by atoms with Crippen LogP contribution < -0.4 is 10.6 Å². The Morgan fingerprint density at radius 3 is 2.41 bits per heavy atom. The Hall–Kier alpha value is -2.62. The number of benzene rings is 3. The summed E-state index contributed by atoms with van der Waals surface area (Å²) in [6, 6.07) is 22.9. The predicted molar refractivity (Wildman–Crippen MR) is 112 cm³/mol. The summed E-state index contributed by atoms with van der Waals surface area (Å²) >= 11 is 6.26. The Morgan fingerprint density at radius 1 is 0.963 bits per heavy atom. The molecule has 0 bridgehead atoms. The summed E-state index contributed by atoms with van der Waals surface area (Å²) in [5.74, 6) is -0.0954. The maximum Gasteiger partial charge on any atom is 0.246 e. The highest BCUT2D eigenvalue weighted by Gasteiger charge is 2.21. The number of aryl methyl sites for hydroxylation is 2. The van der Waals surface area contributed by atoms with Crippen molar-refractivity contribution in [3.63, 3.8) is 0 Å². The first-order valence-electron chi connectivity index (χ1n) is 8.94. The standard InChI is InChI=1S/C23H23ClN2O/c1-16-12-13-17(2)21(14-16)26-23(27)22(18-8-4-3-5-9-18)25-15-19-10-6-7-11-20(19)24/h3-14,22,25H,15H2,1-2H3,(H,26,27)/t22-/m1/s1. The Bertz CT molecular complexity index is 925. The summed E-state index contributed by atoms with van der Waals surface area (Å²) in [7, 11) is 0. The van der Waals surface area contributed by atoms with Crippen molar-refractivity contribution in [3.05, 3.63) is 100 Å². The molecule has 3 rings (SSSR count). The number of carbonyl (C=O) groups excluding carboxylic acids is 1. The minimum absolute atomic E-state index is 0.0954. The number of hydrogen-bond acceptors (Lipinski definition) is 2. The van der Waals surface area contributed by atoms with E-state index in [1.165, 1.54) is 0 Å². The molecule has 1 amide bonds. The highest BCUT2D eigenvalue weighted by Crippen LogP contribution is 2.22. The molecule has 0 unspecified atom stereocenters. The van der Waals surface area contributed by atoms with Crippen LogP contribution in [0.4, 0.5) is 5.69 Å². The maximum absolute atomic E-state index is 13.1. The number of halogens is 1. The Kier molecular flexibility index (Phi) is 6.28. The van der Waals surface area contributed by atoms with Crippen molar-refractivity contribution in [2.45, 2.75) is 26.4 Å². The third kappa shape index (κ3) is 4.97.